The summed E-state index contributed by atoms with van der Waals surface area (Å²) in [6, 6.07) is 9.61. The molecule has 2 heterocycles. The minimum atomic E-state index is -0.590. The number of halogens is 3. The van der Waals surface area contributed by atoms with Gasteiger partial charge < -0.3 is 4.57 Å². The van der Waals surface area contributed by atoms with E-state index in [4.69, 9.17) is 23.2 Å². The molecule has 0 amide bonds. The maximum absolute atomic E-state index is 12.7. The number of ketones is 1. The van der Waals surface area contributed by atoms with E-state index in [1.165, 1.54) is 6.20 Å². The van der Waals surface area contributed by atoms with Gasteiger partial charge in [-0.3, -0.25) is 9.59 Å². The number of aryl methyl sites for hydroxylation is 1. The molecular weight excluding hydrogens is 441 g/mol. The number of aromatic nitrogens is 3. The number of nitrogens with zero attached hydrogens (tertiary/aromatic N) is 3. The van der Waals surface area contributed by atoms with E-state index < -0.39 is 5.56 Å². The van der Waals surface area contributed by atoms with Crippen LogP contribution in [0.5, 0.6) is 0 Å². The third-order valence-electron chi connectivity index (χ3n) is 4.03. The maximum Gasteiger partial charge on any atom is 0.287 e. The molecule has 134 valence electrons. The van der Waals surface area contributed by atoms with Crippen LogP contribution in [0.25, 0.3) is 5.69 Å². The Kier molecular flexibility index (Phi) is 5.37. The van der Waals surface area contributed by atoms with E-state index >= 15 is 0 Å². The first-order valence-corrected chi connectivity index (χ1v) is 9.23. The fourth-order valence-corrected chi connectivity index (χ4v) is 3.49. The van der Waals surface area contributed by atoms with Gasteiger partial charge in [-0.1, -0.05) is 45.2 Å². The quantitative estimate of drug-likeness (QED) is 0.541. The summed E-state index contributed by atoms with van der Waals surface area (Å²) in [6.45, 7) is 3.58. The minimum Gasteiger partial charge on any atom is -0.318 e. The van der Waals surface area contributed by atoms with Gasteiger partial charge >= 0.3 is 0 Å². The lowest BCUT2D eigenvalue weighted by Crippen LogP contribution is -2.27. The Bertz CT molecular complexity index is 1070. The molecule has 3 aromatic rings. The highest BCUT2D eigenvalue weighted by molar-refractivity contribution is 9.10. The third-order valence-corrected chi connectivity index (χ3v) is 5.28. The molecule has 0 aliphatic carbocycles. The Morgan fingerprint density at radius 2 is 1.96 bits per heavy atom. The zero-order valence-electron chi connectivity index (χ0n) is 14.0. The molecule has 0 saturated heterocycles. The molecule has 0 atom stereocenters. The molecule has 0 aliphatic rings. The Hall–Kier alpha value is -1.89. The predicted molar refractivity (Wildman–Crippen MR) is 106 cm³/mol. The number of benzene rings is 1. The van der Waals surface area contributed by atoms with Gasteiger partial charge in [-0.25, -0.2) is 4.68 Å². The second kappa shape index (κ2) is 7.39. The van der Waals surface area contributed by atoms with Crippen molar-refractivity contribution in [3.8, 4) is 5.69 Å². The number of hydrogen-bond donors (Lipinski definition) is 0. The van der Waals surface area contributed by atoms with Crippen LogP contribution >= 0.6 is 39.1 Å². The predicted octanol–water partition coefficient (Wildman–Crippen LogP) is 4.60. The van der Waals surface area contributed by atoms with Crippen molar-refractivity contribution in [2.45, 2.75) is 20.4 Å². The van der Waals surface area contributed by atoms with Crippen LogP contribution in [0.15, 0.2) is 45.8 Å². The van der Waals surface area contributed by atoms with Gasteiger partial charge in [0.2, 0.25) is 0 Å². The Labute approximate surface area is 168 Å². The first-order valence-electron chi connectivity index (χ1n) is 7.68. The molecule has 0 spiro atoms. The van der Waals surface area contributed by atoms with Gasteiger partial charge in [0.1, 0.15) is 11.6 Å². The van der Waals surface area contributed by atoms with Crippen molar-refractivity contribution in [3.63, 3.8) is 0 Å². The standard InChI is InChI=1S/C18H14BrCl2N3O2/c1-10-6-14(11(2)24(10)13-5-3-4-12(19)7-13)16(25)9-23-18(26)17(21)15(20)8-22-23/h3-8H,9H2,1-2H3. The van der Waals surface area contributed by atoms with Crippen molar-refractivity contribution >= 4 is 44.9 Å². The summed E-state index contributed by atoms with van der Waals surface area (Å²) in [7, 11) is 0. The van der Waals surface area contributed by atoms with E-state index in [9.17, 15) is 9.59 Å². The zero-order valence-corrected chi connectivity index (χ0v) is 17.1. The second-order valence-corrected chi connectivity index (χ2v) is 7.49. The van der Waals surface area contributed by atoms with Crippen LogP contribution in [0.4, 0.5) is 0 Å². The minimum absolute atomic E-state index is 0.0631. The fraction of sp³-hybridized carbons (Fsp3) is 0.167. The van der Waals surface area contributed by atoms with Crippen LogP contribution in [0.3, 0.4) is 0 Å². The number of hydrogen-bond acceptors (Lipinski definition) is 3. The van der Waals surface area contributed by atoms with E-state index in [0.29, 0.717) is 5.56 Å². The lowest BCUT2D eigenvalue weighted by atomic mass is 10.1. The summed E-state index contributed by atoms with van der Waals surface area (Å²) in [4.78, 5) is 24.8. The summed E-state index contributed by atoms with van der Waals surface area (Å²) >= 11 is 15.1. The first kappa shape index (κ1) is 18.9. The van der Waals surface area contributed by atoms with Gasteiger partial charge in [0.15, 0.2) is 5.78 Å². The Morgan fingerprint density at radius 1 is 1.23 bits per heavy atom. The Balaban J connectivity index is 1.98. The lowest BCUT2D eigenvalue weighted by Gasteiger charge is -2.10. The molecule has 0 saturated carbocycles. The molecule has 1 aromatic carbocycles. The van der Waals surface area contributed by atoms with Gasteiger partial charge in [0.25, 0.3) is 5.56 Å². The van der Waals surface area contributed by atoms with Gasteiger partial charge in [0.05, 0.1) is 11.2 Å². The van der Waals surface area contributed by atoms with Gasteiger partial charge in [-0.2, -0.15) is 5.10 Å². The van der Waals surface area contributed by atoms with Crippen molar-refractivity contribution < 1.29 is 4.79 Å². The highest BCUT2D eigenvalue weighted by atomic mass is 79.9. The average molecular weight is 455 g/mol. The zero-order chi connectivity index (χ0) is 19.0. The van der Waals surface area contributed by atoms with Crippen LogP contribution in [0, 0.1) is 13.8 Å². The highest BCUT2D eigenvalue weighted by Gasteiger charge is 2.19. The van der Waals surface area contributed by atoms with Gasteiger partial charge in [0, 0.05) is 27.1 Å². The second-order valence-electron chi connectivity index (χ2n) is 5.79. The van der Waals surface area contributed by atoms with E-state index in [1.54, 1.807) is 6.07 Å². The number of carbonyl (C=O) groups is 1. The first-order chi connectivity index (χ1) is 12.3. The van der Waals surface area contributed by atoms with E-state index in [1.807, 2.05) is 42.7 Å². The monoisotopic (exact) mass is 453 g/mol. The normalized spacial score (nSPS) is 11.0. The van der Waals surface area contributed by atoms with Crippen LogP contribution < -0.4 is 5.56 Å². The number of carbonyl (C=O) groups excluding carboxylic acids is 1. The molecule has 0 bridgehead atoms. The lowest BCUT2D eigenvalue weighted by molar-refractivity contribution is 0.0965. The maximum atomic E-state index is 12.7. The summed E-state index contributed by atoms with van der Waals surface area (Å²) in [5.74, 6) is -0.229. The summed E-state index contributed by atoms with van der Waals surface area (Å²) in [5.41, 5.74) is 2.59. The SMILES string of the molecule is Cc1cc(C(=O)Cn2ncc(Cl)c(Cl)c2=O)c(C)n1-c1cccc(Br)c1. The van der Waals surface area contributed by atoms with Crippen LogP contribution in [-0.2, 0) is 6.54 Å². The molecular formula is C18H14BrCl2N3O2. The van der Waals surface area contributed by atoms with Crippen LogP contribution in [0.2, 0.25) is 10.0 Å². The van der Waals surface area contributed by atoms with Crippen molar-refractivity contribution in [1.82, 2.24) is 14.3 Å². The number of Topliss-reactive ketones (excluding diaryl/α,β-unsaturated/α-hetero) is 1. The van der Waals surface area contributed by atoms with E-state index in [-0.39, 0.29) is 22.4 Å². The molecule has 0 radical (unpaired) electrons. The van der Waals surface area contributed by atoms with Gasteiger partial charge in [-0.05, 0) is 38.1 Å². The fourth-order valence-electron chi connectivity index (χ4n) is 2.84. The molecule has 26 heavy (non-hydrogen) atoms. The smallest absolute Gasteiger partial charge is 0.287 e. The third kappa shape index (κ3) is 3.49. The molecule has 0 unspecified atom stereocenters. The molecule has 0 N–H and O–H groups in total. The topological polar surface area (TPSA) is 56.9 Å². The summed E-state index contributed by atoms with van der Waals surface area (Å²) in [5, 5.41) is 3.81. The summed E-state index contributed by atoms with van der Waals surface area (Å²) < 4.78 is 3.95. The van der Waals surface area contributed by atoms with E-state index in [0.717, 1.165) is 26.2 Å². The van der Waals surface area contributed by atoms with Crippen molar-refractivity contribution in [3.05, 3.63) is 78.4 Å². The van der Waals surface area contributed by atoms with Crippen molar-refractivity contribution in [2.24, 2.45) is 0 Å². The largest absolute Gasteiger partial charge is 0.318 e. The van der Waals surface area contributed by atoms with E-state index in [2.05, 4.69) is 21.0 Å². The van der Waals surface area contributed by atoms with Crippen molar-refractivity contribution in [1.29, 1.82) is 0 Å². The van der Waals surface area contributed by atoms with Crippen LogP contribution in [-0.4, -0.2) is 20.1 Å². The molecule has 8 heteroatoms. The average Bonchev–Trinajstić information content (AvgIpc) is 2.90. The molecule has 0 aliphatic heterocycles. The molecule has 2 aromatic heterocycles. The summed E-state index contributed by atoms with van der Waals surface area (Å²) in [6.07, 6.45) is 1.25. The molecule has 3 rings (SSSR count). The number of rotatable bonds is 4. The van der Waals surface area contributed by atoms with Crippen LogP contribution in [0.1, 0.15) is 21.7 Å². The van der Waals surface area contributed by atoms with Crippen molar-refractivity contribution in [2.75, 3.05) is 0 Å². The van der Waals surface area contributed by atoms with Gasteiger partial charge in [-0.15, -0.1) is 0 Å². The molecule has 5 nitrogen and oxygen atoms in total. The highest BCUT2D eigenvalue weighted by Crippen LogP contribution is 2.24. The molecule has 0 fully saturated rings. The Morgan fingerprint density at radius 3 is 2.65 bits per heavy atom.